The second kappa shape index (κ2) is 5.68. The highest BCUT2D eigenvalue weighted by atomic mass is 19.1. The summed E-state index contributed by atoms with van der Waals surface area (Å²) >= 11 is 0. The summed E-state index contributed by atoms with van der Waals surface area (Å²) in [5, 5.41) is 3.09. The predicted molar refractivity (Wildman–Crippen MR) is 82.1 cm³/mol. The van der Waals surface area contributed by atoms with E-state index in [1.807, 2.05) is 20.2 Å². The second-order valence-electron chi connectivity index (χ2n) is 5.48. The van der Waals surface area contributed by atoms with E-state index in [0.717, 1.165) is 23.0 Å². The van der Waals surface area contributed by atoms with Gasteiger partial charge in [-0.3, -0.25) is 0 Å². The first-order chi connectivity index (χ1) is 10.2. The average molecular weight is 286 g/mol. The van der Waals surface area contributed by atoms with Crippen molar-refractivity contribution in [3.63, 3.8) is 0 Å². The monoisotopic (exact) mass is 286 g/mol. The molecule has 0 aliphatic heterocycles. The number of rotatable bonds is 5. The molecule has 1 aromatic heterocycles. The van der Waals surface area contributed by atoms with Crippen LogP contribution >= 0.6 is 0 Å². The molecule has 1 fully saturated rings. The summed E-state index contributed by atoms with van der Waals surface area (Å²) in [6.45, 7) is 0.685. The molecule has 0 unspecified atom stereocenters. The van der Waals surface area contributed by atoms with E-state index in [4.69, 9.17) is 0 Å². The van der Waals surface area contributed by atoms with Gasteiger partial charge >= 0.3 is 0 Å². The third-order valence-corrected chi connectivity index (χ3v) is 3.65. The lowest BCUT2D eigenvalue weighted by Crippen LogP contribution is -2.19. The van der Waals surface area contributed by atoms with Gasteiger partial charge in [0.15, 0.2) is 0 Å². The van der Waals surface area contributed by atoms with Gasteiger partial charge in [0.2, 0.25) is 0 Å². The third kappa shape index (κ3) is 3.29. The fourth-order valence-electron chi connectivity index (χ4n) is 2.25. The first kappa shape index (κ1) is 13.8. The Balaban J connectivity index is 1.81. The van der Waals surface area contributed by atoms with Gasteiger partial charge < -0.3 is 10.2 Å². The molecule has 5 heteroatoms. The van der Waals surface area contributed by atoms with Crippen LogP contribution in [0.15, 0.2) is 30.3 Å². The van der Waals surface area contributed by atoms with Crippen molar-refractivity contribution < 1.29 is 4.39 Å². The van der Waals surface area contributed by atoms with Crippen LogP contribution in [0.1, 0.15) is 30.1 Å². The zero-order valence-corrected chi connectivity index (χ0v) is 12.3. The van der Waals surface area contributed by atoms with Crippen molar-refractivity contribution in [3.05, 3.63) is 47.5 Å². The van der Waals surface area contributed by atoms with E-state index < -0.39 is 0 Å². The van der Waals surface area contributed by atoms with E-state index in [0.29, 0.717) is 12.5 Å². The lowest BCUT2D eigenvalue weighted by atomic mass is 10.2. The molecule has 1 aromatic carbocycles. The summed E-state index contributed by atoms with van der Waals surface area (Å²) in [6.07, 6.45) is 2.35. The summed E-state index contributed by atoms with van der Waals surface area (Å²) in [4.78, 5) is 11.2. The third-order valence-electron chi connectivity index (χ3n) is 3.65. The molecule has 0 saturated heterocycles. The maximum atomic E-state index is 13.0. The minimum atomic E-state index is -0.211. The number of anilines is 2. The summed E-state index contributed by atoms with van der Waals surface area (Å²) in [5.41, 5.74) is 1.05. The van der Waals surface area contributed by atoms with Crippen molar-refractivity contribution in [3.8, 4) is 0 Å². The zero-order chi connectivity index (χ0) is 14.8. The van der Waals surface area contributed by atoms with Crippen molar-refractivity contribution in [2.75, 3.05) is 24.3 Å². The normalized spacial score (nSPS) is 14.0. The van der Waals surface area contributed by atoms with Crippen LogP contribution in [-0.4, -0.2) is 24.1 Å². The van der Waals surface area contributed by atoms with Gasteiger partial charge in [-0.15, -0.1) is 0 Å². The lowest BCUT2D eigenvalue weighted by Gasteiger charge is -2.19. The summed E-state index contributed by atoms with van der Waals surface area (Å²) in [7, 11) is 3.85. The Hall–Kier alpha value is -2.17. The van der Waals surface area contributed by atoms with E-state index in [1.54, 1.807) is 12.1 Å². The lowest BCUT2D eigenvalue weighted by molar-refractivity contribution is 0.627. The van der Waals surface area contributed by atoms with Crippen LogP contribution in [0, 0.1) is 5.82 Å². The molecule has 1 aliphatic carbocycles. The molecule has 0 spiro atoms. The molecule has 110 valence electrons. The molecular formula is C16H19FN4. The molecule has 1 aliphatic rings. The standard InChI is InChI=1S/C16H19FN4/c1-18-14-9-15(20-16(19-14)12-5-6-12)21(2)10-11-3-7-13(17)8-4-11/h3-4,7-9,12H,5-6,10H2,1-2H3,(H,18,19,20). The fraction of sp³-hybridized carbons (Fsp3) is 0.375. The van der Waals surface area contributed by atoms with Crippen LogP contribution < -0.4 is 10.2 Å². The summed E-state index contributed by atoms with van der Waals surface area (Å²) in [5.74, 6) is 2.95. The maximum absolute atomic E-state index is 13.0. The van der Waals surface area contributed by atoms with Gasteiger partial charge in [0, 0.05) is 32.6 Å². The van der Waals surface area contributed by atoms with Crippen LogP contribution in [0.4, 0.5) is 16.0 Å². The molecule has 0 radical (unpaired) electrons. The maximum Gasteiger partial charge on any atom is 0.136 e. The zero-order valence-electron chi connectivity index (χ0n) is 12.3. The number of hydrogen-bond donors (Lipinski definition) is 1. The summed E-state index contributed by atoms with van der Waals surface area (Å²) in [6, 6.07) is 8.51. The molecule has 3 rings (SSSR count). The van der Waals surface area contributed by atoms with Crippen LogP contribution in [0.5, 0.6) is 0 Å². The molecule has 1 heterocycles. The topological polar surface area (TPSA) is 41.0 Å². The molecule has 0 amide bonds. The Morgan fingerprint density at radius 3 is 2.57 bits per heavy atom. The Morgan fingerprint density at radius 1 is 1.24 bits per heavy atom. The van der Waals surface area contributed by atoms with E-state index in [2.05, 4.69) is 20.2 Å². The Bertz CT molecular complexity index is 623. The SMILES string of the molecule is CNc1cc(N(C)Cc2ccc(F)cc2)nc(C2CC2)n1. The quantitative estimate of drug-likeness (QED) is 0.916. The van der Waals surface area contributed by atoms with Crippen LogP contribution in [0.3, 0.4) is 0 Å². The number of nitrogens with one attached hydrogen (secondary N) is 1. The molecule has 4 nitrogen and oxygen atoms in total. The van der Waals surface area contributed by atoms with Crippen LogP contribution in [0.2, 0.25) is 0 Å². The predicted octanol–water partition coefficient (Wildman–Crippen LogP) is 3.17. The fourth-order valence-corrected chi connectivity index (χ4v) is 2.25. The van der Waals surface area contributed by atoms with Gasteiger partial charge in [-0.2, -0.15) is 0 Å². The highest BCUT2D eigenvalue weighted by molar-refractivity contribution is 5.49. The summed E-state index contributed by atoms with van der Waals surface area (Å²) < 4.78 is 13.0. The van der Waals surface area contributed by atoms with Gasteiger partial charge in [-0.25, -0.2) is 14.4 Å². The van der Waals surface area contributed by atoms with Crippen molar-refractivity contribution in [1.29, 1.82) is 0 Å². The molecule has 1 saturated carbocycles. The Kier molecular flexibility index (Phi) is 3.73. The molecule has 2 aromatic rings. The molecular weight excluding hydrogens is 267 g/mol. The largest absolute Gasteiger partial charge is 0.373 e. The van der Waals surface area contributed by atoms with Crippen molar-refractivity contribution in [2.45, 2.75) is 25.3 Å². The van der Waals surface area contributed by atoms with Gasteiger partial charge in [-0.1, -0.05) is 12.1 Å². The van der Waals surface area contributed by atoms with Crippen LogP contribution in [0.25, 0.3) is 0 Å². The van der Waals surface area contributed by atoms with E-state index in [-0.39, 0.29) is 5.82 Å². The highest BCUT2D eigenvalue weighted by Gasteiger charge is 2.27. The number of aromatic nitrogens is 2. The first-order valence-electron chi connectivity index (χ1n) is 7.18. The second-order valence-corrected chi connectivity index (χ2v) is 5.48. The Labute approximate surface area is 124 Å². The van der Waals surface area contributed by atoms with E-state index in [9.17, 15) is 4.39 Å². The molecule has 0 atom stereocenters. The minimum absolute atomic E-state index is 0.211. The molecule has 1 N–H and O–H groups in total. The first-order valence-corrected chi connectivity index (χ1v) is 7.18. The van der Waals surface area contributed by atoms with Gasteiger partial charge in [0.1, 0.15) is 23.3 Å². The van der Waals surface area contributed by atoms with Crippen LogP contribution in [-0.2, 0) is 6.54 Å². The van der Waals surface area contributed by atoms with Crippen molar-refractivity contribution in [1.82, 2.24) is 9.97 Å². The smallest absolute Gasteiger partial charge is 0.136 e. The van der Waals surface area contributed by atoms with Crippen molar-refractivity contribution in [2.24, 2.45) is 0 Å². The average Bonchev–Trinajstić information content (AvgIpc) is 3.34. The molecule has 21 heavy (non-hydrogen) atoms. The highest BCUT2D eigenvalue weighted by Crippen LogP contribution is 2.39. The van der Waals surface area contributed by atoms with Gasteiger partial charge in [-0.05, 0) is 30.5 Å². The van der Waals surface area contributed by atoms with Gasteiger partial charge in [0.25, 0.3) is 0 Å². The minimum Gasteiger partial charge on any atom is -0.373 e. The van der Waals surface area contributed by atoms with Crippen molar-refractivity contribution >= 4 is 11.6 Å². The number of nitrogens with zero attached hydrogens (tertiary/aromatic N) is 3. The number of benzene rings is 1. The van der Waals surface area contributed by atoms with Gasteiger partial charge in [0.05, 0.1) is 0 Å². The van der Waals surface area contributed by atoms with E-state index in [1.165, 1.54) is 25.0 Å². The number of halogens is 1. The molecule has 0 bridgehead atoms. The Morgan fingerprint density at radius 2 is 1.95 bits per heavy atom. The van der Waals surface area contributed by atoms with E-state index >= 15 is 0 Å². The number of hydrogen-bond acceptors (Lipinski definition) is 4.